The lowest BCUT2D eigenvalue weighted by Crippen LogP contribution is -2.18. The van der Waals surface area contributed by atoms with Crippen LogP contribution in [0.2, 0.25) is 0 Å². The molecule has 5 aromatic rings. The van der Waals surface area contributed by atoms with Gasteiger partial charge in [-0.3, -0.25) is 9.48 Å². The summed E-state index contributed by atoms with van der Waals surface area (Å²) in [7, 11) is 0. The first kappa shape index (κ1) is 20.8. The molecule has 166 valence electrons. The van der Waals surface area contributed by atoms with Crippen LogP contribution in [0.15, 0.2) is 77.4 Å². The molecular formula is C27H26N4O2. The van der Waals surface area contributed by atoms with E-state index in [9.17, 15) is 4.79 Å². The average Bonchev–Trinajstić information content (AvgIpc) is 3.47. The number of benzene rings is 2. The standard InChI is InChI=1S/C27H26N4O2/c1-18-9-7-8-12-22(18)17-30-23-13-14-33-25(23)15-24(30)27(32)28-26-19(2)29-31(20(26)3)16-21-10-5-4-6-11-21/h4-15H,16-17H2,1-3H3,(H,28,32). The molecule has 0 saturated carbocycles. The molecule has 1 amide bonds. The van der Waals surface area contributed by atoms with Crippen molar-refractivity contribution >= 4 is 22.7 Å². The van der Waals surface area contributed by atoms with Crippen molar-refractivity contribution in [1.29, 1.82) is 0 Å². The smallest absolute Gasteiger partial charge is 0.272 e. The van der Waals surface area contributed by atoms with Crippen molar-refractivity contribution in [2.24, 2.45) is 0 Å². The van der Waals surface area contributed by atoms with Gasteiger partial charge in [-0.25, -0.2) is 0 Å². The van der Waals surface area contributed by atoms with Gasteiger partial charge in [-0.05, 0) is 37.5 Å². The topological polar surface area (TPSA) is 65.0 Å². The predicted octanol–water partition coefficient (Wildman–Crippen LogP) is 5.70. The molecule has 0 saturated heterocycles. The van der Waals surface area contributed by atoms with Gasteiger partial charge < -0.3 is 14.3 Å². The lowest BCUT2D eigenvalue weighted by atomic mass is 10.1. The van der Waals surface area contributed by atoms with Crippen LogP contribution in [0.3, 0.4) is 0 Å². The van der Waals surface area contributed by atoms with Gasteiger partial charge in [0.25, 0.3) is 5.91 Å². The minimum absolute atomic E-state index is 0.180. The van der Waals surface area contributed by atoms with Crippen molar-refractivity contribution in [3.05, 3.63) is 107 Å². The lowest BCUT2D eigenvalue weighted by Gasteiger charge is -2.13. The summed E-state index contributed by atoms with van der Waals surface area (Å²) in [6.45, 7) is 7.22. The van der Waals surface area contributed by atoms with Gasteiger partial charge in [0.15, 0.2) is 5.58 Å². The minimum atomic E-state index is -0.180. The van der Waals surface area contributed by atoms with Crippen LogP contribution in [0.25, 0.3) is 11.1 Å². The third kappa shape index (κ3) is 3.96. The molecule has 0 aliphatic rings. The fourth-order valence-corrected chi connectivity index (χ4v) is 4.26. The highest BCUT2D eigenvalue weighted by molar-refractivity contribution is 6.06. The molecular weight excluding hydrogens is 412 g/mol. The van der Waals surface area contributed by atoms with E-state index in [-0.39, 0.29) is 5.91 Å². The van der Waals surface area contributed by atoms with Crippen molar-refractivity contribution in [3.8, 4) is 0 Å². The van der Waals surface area contributed by atoms with Crippen LogP contribution < -0.4 is 5.32 Å². The molecule has 3 heterocycles. The Labute approximate surface area is 192 Å². The van der Waals surface area contributed by atoms with Gasteiger partial charge in [0.1, 0.15) is 5.69 Å². The highest BCUT2D eigenvalue weighted by atomic mass is 16.3. The SMILES string of the molecule is Cc1ccccc1Cn1c(C(=O)Nc2c(C)nn(Cc3ccccc3)c2C)cc2occc21. The van der Waals surface area contributed by atoms with Gasteiger partial charge in [-0.1, -0.05) is 54.6 Å². The summed E-state index contributed by atoms with van der Waals surface area (Å²) in [4.78, 5) is 13.4. The van der Waals surface area contributed by atoms with Gasteiger partial charge in [0, 0.05) is 18.7 Å². The maximum atomic E-state index is 13.4. The van der Waals surface area contributed by atoms with E-state index < -0.39 is 0 Å². The van der Waals surface area contributed by atoms with Crippen LogP contribution in [-0.2, 0) is 13.1 Å². The Morgan fingerprint density at radius 3 is 2.52 bits per heavy atom. The molecule has 0 atom stereocenters. The molecule has 0 fully saturated rings. The molecule has 6 heteroatoms. The van der Waals surface area contributed by atoms with Gasteiger partial charge in [-0.15, -0.1) is 0 Å². The van der Waals surface area contributed by atoms with E-state index >= 15 is 0 Å². The summed E-state index contributed by atoms with van der Waals surface area (Å²) in [5.74, 6) is -0.180. The van der Waals surface area contributed by atoms with Crippen LogP contribution in [0, 0.1) is 20.8 Å². The number of aromatic nitrogens is 3. The van der Waals surface area contributed by atoms with E-state index in [1.54, 1.807) is 6.26 Å². The first-order chi connectivity index (χ1) is 16.0. The summed E-state index contributed by atoms with van der Waals surface area (Å²) in [6, 6.07) is 22.1. The molecule has 33 heavy (non-hydrogen) atoms. The van der Waals surface area contributed by atoms with E-state index in [1.165, 1.54) is 5.56 Å². The van der Waals surface area contributed by atoms with Gasteiger partial charge in [0.2, 0.25) is 0 Å². The Morgan fingerprint density at radius 2 is 1.73 bits per heavy atom. The molecule has 0 radical (unpaired) electrons. The van der Waals surface area contributed by atoms with E-state index in [0.29, 0.717) is 24.4 Å². The average molecular weight is 439 g/mol. The quantitative estimate of drug-likeness (QED) is 0.370. The second-order valence-corrected chi connectivity index (χ2v) is 8.36. The van der Waals surface area contributed by atoms with Crippen molar-refractivity contribution in [2.75, 3.05) is 5.32 Å². The summed E-state index contributed by atoms with van der Waals surface area (Å²) in [5.41, 5.74) is 8.12. The van der Waals surface area contributed by atoms with Crippen LogP contribution in [-0.4, -0.2) is 20.3 Å². The maximum absolute atomic E-state index is 13.4. The molecule has 3 aromatic heterocycles. The molecule has 5 rings (SSSR count). The number of hydrogen-bond acceptors (Lipinski definition) is 3. The van der Waals surface area contributed by atoms with Crippen LogP contribution in [0.5, 0.6) is 0 Å². The Bertz CT molecular complexity index is 1440. The fourth-order valence-electron chi connectivity index (χ4n) is 4.26. The zero-order chi connectivity index (χ0) is 22.9. The number of fused-ring (bicyclic) bond motifs is 1. The number of furan rings is 1. The molecule has 0 bridgehead atoms. The number of amides is 1. The second-order valence-electron chi connectivity index (χ2n) is 8.36. The number of rotatable bonds is 6. The van der Waals surface area contributed by atoms with Crippen molar-refractivity contribution in [1.82, 2.24) is 14.3 Å². The van der Waals surface area contributed by atoms with Gasteiger partial charge >= 0.3 is 0 Å². The molecule has 0 unspecified atom stereocenters. The van der Waals surface area contributed by atoms with Crippen LogP contribution >= 0.6 is 0 Å². The monoisotopic (exact) mass is 438 g/mol. The number of hydrogen-bond donors (Lipinski definition) is 1. The van der Waals surface area contributed by atoms with Gasteiger partial charge in [0.05, 0.1) is 35.4 Å². The Hall–Kier alpha value is -4.06. The van der Waals surface area contributed by atoms with Crippen molar-refractivity contribution in [3.63, 3.8) is 0 Å². The highest BCUT2D eigenvalue weighted by Crippen LogP contribution is 2.26. The normalized spacial score (nSPS) is 11.2. The molecule has 1 N–H and O–H groups in total. The zero-order valence-corrected chi connectivity index (χ0v) is 19.0. The molecule has 2 aromatic carbocycles. The maximum Gasteiger partial charge on any atom is 0.272 e. The molecule has 0 aliphatic carbocycles. The summed E-state index contributed by atoms with van der Waals surface area (Å²) in [5, 5.41) is 7.77. The number of carbonyl (C=O) groups excluding carboxylic acids is 1. The largest absolute Gasteiger partial charge is 0.463 e. The first-order valence-electron chi connectivity index (χ1n) is 11.0. The molecule has 0 aliphatic heterocycles. The van der Waals surface area contributed by atoms with E-state index in [0.717, 1.165) is 33.7 Å². The third-order valence-electron chi connectivity index (χ3n) is 6.14. The highest BCUT2D eigenvalue weighted by Gasteiger charge is 2.21. The van der Waals surface area contributed by atoms with Crippen LogP contribution in [0.1, 0.15) is 38.6 Å². The Morgan fingerprint density at radius 1 is 0.970 bits per heavy atom. The minimum Gasteiger partial charge on any atom is -0.463 e. The third-order valence-corrected chi connectivity index (χ3v) is 6.14. The number of carbonyl (C=O) groups is 1. The van der Waals surface area contributed by atoms with E-state index in [2.05, 4.69) is 41.6 Å². The van der Waals surface area contributed by atoms with Crippen LogP contribution in [0.4, 0.5) is 5.69 Å². The second kappa shape index (κ2) is 8.47. The number of anilines is 1. The fraction of sp³-hybridized carbons (Fsp3) is 0.185. The lowest BCUT2D eigenvalue weighted by molar-refractivity contribution is 0.101. The zero-order valence-electron chi connectivity index (χ0n) is 19.0. The Balaban J connectivity index is 1.46. The molecule has 6 nitrogen and oxygen atoms in total. The van der Waals surface area contributed by atoms with E-state index in [1.807, 2.05) is 65.6 Å². The van der Waals surface area contributed by atoms with Crippen molar-refractivity contribution in [2.45, 2.75) is 33.9 Å². The number of nitrogens with one attached hydrogen (secondary N) is 1. The number of nitrogens with zero attached hydrogens (tertiary/aromatic N) is 3. The van der Waals surface area contributed by atoms with E-state index in [4.69, 9.17) is 4.42 Å². The molecule has 0 spiro atoms. The summed E-state index contributed by atoms with van der Waals surface area (Å²) in [6.07, 6.45) is 1.66. The first-order valence-corrected chi connectivity index (χ1v) is 11.0. The van der Waals surface area contributed by atoms with Crippen molar-refractivity contribution < 1.29 is 9.21 Å². The summed E-state index contributed by atoms with van der Waals surface area (Å²) < 4.78 is 9.55. The summed E-state index contributed by atoms with van der Waals surface area (Å²) >= 11 is 0. The van der Waals surface area contributed by atoms with Gasteiger partial charge in [-0.2, -0.15) is 5.10 Å². The predicted molar refractivity (Wildman–Crippen MR) is 130 cm³/mol. The Kier molecular flexibility index (Phi) is 5.34. The number of aryl methyl sites for hydroxylation is 2.